The Morgan fingerprint density at radius 2 is 1.76 bits per heavy atom. The van der Waals surface area contributed by atoms with Crippen molar-refractivity contribution in [3.8, 4) is 0 Å². The van der Waals surface area contributed by atoms with Crippen LogP contribution in [0.15, 0.2) is 0 Å². The van der Waals surface area contributed by atoms with Gasteiger partial charge in [-0.2, -0.15) is 0 Å². The summed E-state index contributed by atoms with van der Waals surface area (Å²) in [4.78, 5) is 23.0. The number of nitrogens with zero attached hydrogens (tertiary/aromatic N) is 1. The Kier molecular flexibility index (Phi) is 4.89. The second-order valence-corrected chi connectivity index (χ2v) is 4.84. The fourth-order valence-electron chi connectivity index (χ4n) is 2.43. The zero-order valence-corrected chi connectivity index (χ0v) is 10.0. The van der Waals surface area contributed by atoms with Gasteiger partial charge in [0.2, 0.25) is 0 Å². The van der Waals surface area contributed by atoms with Crippen LogP contribution in [0.25, 0.3) is 0 Å². The molecule has 17 heavy (non-hydrogen) atoms. The molecule has 0 aromatic rings. The fourth-order valence-corrected chi connectivity index (χ4v) is 2.43. The maximum atomic E-state index is 10.7. The van der Waals surface area contributed by atoms with Gasteiger partial charge in [0.05, 0.1) is 13.1 Å². The molecule has 6 heteroatoms. The molecule has 0 aromatic carbocycles. The molecule has 0 spiro atoms. The Morgan fingerprint density at radius 3 is 2.24 bits per heavy atom. The standard InChI is InChI=1S/C11H20N2O4/c1-7-2-3-8(12)9(4-7)13(5-10(14)15)6-11(16)17/h7-9H,2-6,12H2,1H3,(H,14,15)(H,16,17)/t7-,8+,9+/m0/s1. The lowest BCUT2D eigenvalue weighted by atomic mass is 9.83. The Bertz CT molecular complexity index is 279. The third-order valence-corrected chi connectivity index (χ3v) is 3.28. The summed E-state index contributed by atoms with van der Waals surface area (Å²) in [6.07, 6.45) is 2.61. The molecule has 1 aliphatic rings. The summed E-state index contributed by atoms with van der Waals surface area (Å²) in [6.45, 7) is 1.55. The molecule has 1 fully saturated rings. The summed E-state index contributed by atoms with van der Waals surface area (Å²) < 4.78 is 0. The SMILES string of the molecule is C[C@H]1CC[C@@H](N)[C@H](N(CC(=O)O)CC(=O)O)C1. The van der Waals surface area contributed by atoms with Crippen LogP contribution in [0.1, 0.15) is 26.2 Å². The van der Waals surface area contributed by atoms with Crippen LogP contribution >= 0.6 is 0 Å². The van der Waals surface area contributed by atoms with Gasteiger partial charge in [-0.05, 0) is 25.2 Å². The third kappa shape index (κ3) is 4.32. The van der Waals surface area contributed by atoms with Gasteiger partial charge in [0, 0.05) is 12.1 Å². The Balaban J connectivity index is 2.71. The van der Waals surface area contributed by atoms with Crippen LogP contribution < -0.4 is 5.73 Å². The zero-order valence-electron chi connectivity index (χ0n) is 10.0. The van der Waals surface area contributed by atoms with E-state index in [1.54, 1.807) is 0 Å². The molecule has 0 heterocycles. The van der Waals surface area contributed by atoms with Crippen molar-refractivity contribution >= 4 is 11.9 Å². The second kappa shape index (κ2) is 5.97. The van der Waals surface area contributed by atoms with Crippen molar-refractivity contribution in [3.63, 3.8) is 0 Å². The summed E-state index contributed by atoms with van der Waals surface area (Å²) in [5.41, 5.74) is 5.97. The Hall–Kier alpha value is -1.14. The molecule has 0 radical (unpaired) electrons. The first-order valence-electron chi connectivity index (χ1n) is 5.83. The van der Waals surface area contributed by atoms with Crippen LogP contribution in [0.2, 0.25) is 0 Å². The Morgan fingerprint density at radius 1 is 1.24 bits per heavy atom. The molecule has 6 nitrogen and oxygen atoms in total. The minimum Gasteiger partial charge on any atom is -0.480 e. The van der Waals surface area contributed by atoms with E-state index in [0.29, 0.717) is 5.92 Å². The predicted molar refractivity (Wildman–Crippen MR) is 61.6 cm³/mol. The molecule has 1 saturated carbocycles. The van der Waals surface area contributed by atoms with E-state index in [1.165, 1.54) is 4.90 Å². The first kappa shape index (κ1) is 13.9. The van der Waals surface area contributed by atoms with E-state index in [4.69, 9.17) is 15.9 Å². The van der Waals surface area contributed by atoms with Crippen molar-refractivity contribution in [2.24, 2.45) is 11.7 Å². The van der Waals surface area contributed by atoms with E-state index < -0.39 is 11.9 Å². The molecule has 3 atom stereocenters. The molecule has 0 saturated heterocycles. The van der Waals surface area contributed by atoms with E-state index in [0.717, 1.165) is 19.3 Å². The molecule has 0 amide bonds. The Labute approximate surface area is 100 Å². The number of carboxylic acid groups (broad SMARTS) is 2. The lowest BCUT2D eigenvalue weighted by Gasteiger charge is -2.39. The lowest BCUT2D eigenvalue weighted by molar-refractivity contribution is -0.143. The highest BCUT2D eigenvalue weighted by molar-refractivity contribution is 5.72. The maximum Gasteiger partial charge on any atom is 0.317 e. The number of aliphatic carboxylic acids is 2. The minimum absolute atomic E-state index is 0.134. The molecule has 0 aliphatic heterocycles. The van der Waals surface area contributed by atoms with Gasteiger partial charge in [0.1, 0.15) is 0 Å². The van der Waals surface area contributed by atoms with Crippen molar-refractivity contribution in [2.45, 2.75) is 38.3 Å². The zero-order chi connectivity index (χ0) is 13.0. The lowest BCUT2D eigenvalue weighted by Crippen LogP contribution is -2.53. The van der Waals surface area contributed by atoms with Crippen LogP contribution in [0, 0.1) is 5.92 Å². The van der Waals surface area contributed by atoms with Gasteiger partial charge in [-0.3, -0.25) is 14.5 Å². The number of hydrogen-bond acceptors (Lipinski definition) is 4. The highest BCUT2D eigenvalue weighted by atomic mass is 16.4. The van der Waals surface area contributed by atoms with E-state index in [-0.39, 0.29) is 25.2 Å². The van der Waals surface area contributed by atoms with Crippen LogP contribution in [-0.4, -0.2) is 52.2 Å². The predicted octanol–water partition coefficient (Wildman–Crippen LogP) is -0.0265. The molecule has 1 aliphatic carbocycles. The van der Waals surface area contributed by atoms with Gasteiger partial charge in [0.25, 0.3) is 0 Å². The number of carbonyl (C=O) groups is 2. The van der Waals surface area contributed by atoms with Crippen LogP contribution in [0.5, 0.6) is 0 Å². The van der Waals surface area contributed by atoms with Crippen molar-refractivity contribution in [2.75, 3.05) is 13.1 Å². The van der Waals surface area contributed by atoms with Crippen LogP contribution in [0.4, 0.5) is 0 Å². The van der Waals surface area contributed by atoms with E-state index >= 15 is 0 Å². The fraction of sp³-hybridized carbons (Fsp3) is 0.818. The minimum atomic E-state index is -1.02. The normalized spacial score (nSPS) is 29.2. The molecule has 0 bridgehead atoms. The first-order chi connectivity index (χ1) is 7.90. The molecule has 98 valence electrons. The topological polar surface area (TPSA) is 104 Å². The van der Waals surface area contributed by atoms with E-state index in [2.05, 4.69) is 6.92 Å². The number of hydrogen-bond donors (Lipinski definition) is 3. The molecule has 1 rings (SSSR count). The number of carboxylic acids is 2. The summed E-state index contributed by atoms with van der Waals surface area (Å²) in [6, 6.07) is -0.282. The highest BCUT2D eigenvalue weighted by Gasteiger charge is 2.32. The summed E-state index contributed by atoms with van der Waals surface area (Å²) >= 11 is 0. The van der Waals surface area contributed by atoms with E-state index in [9.17, 15) is 9.59 Å². The highest BCUT2D eigenvalue weighted by Crippen LogP contribution is 2.26. The average molecular weight is 244 g/mol. The molecule has 0 unspecified atom stereocenters. The van der Waals surface area contributed by atoms with Gasteiger partial charge in [-0.1, -0.05) is 6.92 Å². The first-order valence-corrected chi connectivity index (χ1v) is 5.83. The van der Waals surface area contributed by atoms with Gasteiger partial charge in [-0.15, -0.1) is 0 Å². The van der Waals surface area contributed by atoms with Gasteiger partial charge in [-0.25, -0.2) is 0 Å². The van der Waals surface area contributed by atoms with Gasteiger partial charge < -0.3 is 15.9 Å². The van der Waals surface area contributed by atoms with Crippen molar-refractivity contribution in [1.29, 1.82) is 0 Å². The summed E-state index contributed by atoms with van der Waals surface area (Å²) in [7, 11) is 0. The third-order valence-electron chi connectivity index (χ3n) is 3.28. The molecule has 4 N–H and O–H groups in total. The monoisotopic (exact) mass is 244 g/mol. The second-order valence-electron chi connectivity index (χ2n) is 4.84. The van der Waals surface area contributed by atoms with Gasteiger partial charge >= 0.3 is 11.9 Å². The number of rotatable bonds is 5. The van der Waals surface area contributed by atoms with Crippen molar-refractivity contribution < 1.29 is 19.8 Å². The molecular weight excluding hydrogens is 224 g/mol. The maximum absolute atomic E-state index is 10.7. The molecule has 0 aromatic heterocycles. The summed E-state index contributed by atoms with van der Waals surface area (Å²) in [5, 5.41) is 17.6. The smallest absolute Gasteiger partial charge is 0.317 e. The largest absolute Gasteiger partial charge is 0.480 e. The van der Waals surface area contributed by atoms with E-state index in [1.807, 2.05) is 0 Å². The van der Waals surface area contributed by atoms with Crippen molar-refractivity contribution in [1.82, 2.24) is 4.90 Å². The number of nitrogens with two attached hydrogens (primary N) is 1. The van der Waals surface area contributed by atoms with Crippen LogP contribution in [0.3, 0.4) is 0 Å². The quantitative estimate of drug-likeness (QED) is 0.627. The molecular formula is C11H20N2O4. The summed E-state index contributed by atoms with van der Waals surface area (Å²) in [5.74, 6) is -1.57. The average Bonchev–Trinajstić information content (AvgIpc) is 2.19. The van der Waals surface area contributed by atoms with Gasteiger partial charge in [0.15, 0.2) is 0 Å². The van der Waals surface area contributed by atoms with Crippen LogP contribution in [-0.2, 0) is 9.59 Å². The van der Waals surface area contributed by atoms with Crippen molar-refractivity contribution in [3.05, 3.63) is 0 Å².